The number of aromatic nitrogens is 3. The van der Waals surface area contributed by atoms with Gasteiger partial charge in [0.1, 0.15) is 0 Å². The highest BCUT2D eigenvalue weighted by Gasteiger charge is 2.11. The van der Waals surface area contributed by atoms with Crippen LogP contribution in [0.3, 0.4) is 0 Å². The zero-order valence-electron chi connectivity index (χ0n) is 12.7. The molecule has 0 bridgehead atoms. The molecule has 0 aliphatic heterocycles. The summed E-state index contributed by atoms with van der Waals surface area (Å²) >= 11 is 0. The predicted octanol–water partition coefficient (Wildman–Crippen LogP) is 1.10. The Labute approximate surface area is 123 Å². The molecule has 0 saturated heterocycles. The molecule has 1 aromatic rings. The Hall–Kier alpha value is -2.12. The van der Waals surface area contributed by atoms with Crippen molar-refractivity contribution in [2.24, 2.45) is 5.92 Å². The van der Waals surface area contributed by atoms with Crippen LogP contribution in [0.2, 0.25) is 0 Å². The summed E-state index contributed by atoms with van der Waals surface area (Å²) in [5.41, 5.74) is -0.110. The molecule has 1 aromatic heterocycles. The van der Waals surface area contributed by atoms with Gasteiger partial charge in [-0.1, -0.05) is 25.5 Å². The highest BCUT2D eigenvalue weighted by molar-refractivity contribution is 5.84. The summed E-state index contributed by atoms with van der Waals surface area (Å²) in [6.07, 6.45) is 3.36. The standard InChI is InChI=1S/C13H23N5O3/c1-4-9(2)7-10(3)15-13(21)14-5-6-18-8-11(12(19)20)16-17-18/h8-10H,4-7H2,1-3H3,(H,19,20)(H2,14,15,21). The van der Waals surface area contributed by atoms with Crippen molar-refractivity contribution in [1.82, 2.24) is 25.6 Å². The summed E-state index contributed by atoms with van der Waals surface area (Å²) in [6, 6.07) is -0.116. The van der Waals surface area contributed by atoms with Crippen molar-refractivity contribution in [1.29, 1.82) is 0 Å². The highest BCUT2D eigenvalue weighted by atomic mass is 16.4. The van der Waals surface area contributed by atoms with Gasteiger partial charge in [-0.05, 0) is 19.3 Å². The fourth-order valence-electron chi connectivity index (χ4n) is 1.89. The van der Waals surface area contributed by atoms with Crippen LogP contribution in [0.25, 0.3) is 0 Å². The molecule has 0 aromatic carbocycles. The molecule has 2 unspecified atom stereocenters. The van der Waals surface area contributed by atoms with E-state index >= 15 is 0 Å². The smallest absolute Gasteiger partial charge is 0.358 e. The molecule has 1 rings (SSSR count). The van der Waals surface area contributed by atoms with Gasteiger partial charge in [-0.2, -0.15) is 0 Å². The lowest BCUT2D eigenvalue weighted by molar-refractivity contribution is 0.0690. The molecule has 21 heavy (non-hydrogen) atoms. The maximum Gasteiger partial charge on any atom is 0.358 e. The zero-order valence-corrected chi connectivity index (χ0v) is 12.7. The number of urea groups is 1. The molecular formula is C13H23N5O3. The Bertz CT molecular complexity index is 474. The van der Waals surface area contributed by atoms with E-state index in [1.54, 1.807) is 0 Å². The van der Waals surface area contributed by atoms with Gasteiger partial charge in [-0.15, -0.1) is 5.10 Å². The Morgan fingerprint density at radius 2 is 2.14 bits per heavy atom. The SMILES string of the molecule is CCC(C)CC(C)NC(=O)NCCn1cc(C(=O)O)nn1. The maximum absolute atomic E-state index is 11.7. The van der Waals surface area contributed by atoms with Gasteiger partial charge >= 0.3 is 12.0 Å². The molecule has 118 valence electrons. The van der Waals surface area contributed by atoms with Gasteiger partial charge in [0.2, 0.25) is 0 Å². The number of nitrogens with zero attached hydrogens (tertiary/aromatic N) is 3. The van der Waals surface area contributed by atoms with E-state index in [4.69, 9.17) is 5.11 Å². The van der Waals surface area contributed by atoms with Crippen molar-refractivity contribution < 1.29 is 14.7 Å². The first-order chi connectivity index (χ1) is 9.92. The molecule has 0 spiro atoms. The molecular weight excluding hydrogens is 274 g/mol. The van der Waals surface area contributed by atoms with Crippen LogP contribution in [0.15, 0.2) is 6.20 Å². The Balaban J connectivity index is 2.25. The van der Waals surface area contributed by atoms with E-state index in [1.165, 1.54) is 10.9 Å². The maximum atomic E-state index is 11.7. The molecule has 0 saturated carbocycles. The lowest BCUT2D eigenvalue weighted by atomic mass is 10.0. The summed E-state index contributed by atoms with van der Waals surface area (Å²) < 4.78 is 1.38. The molecule has 0 radical (unpaired) electrons. The minimum Gasteiger partial charge on any atom is -0.476 e. The lowest BCUT2D eigenvalue weighted by Crippen LogP contribution is -2.42. The van der Waals surface area contributed by atoms with E-state index < -0.39 is 5.97 Å². The van der Waals surface area contributed by atoms with Crippen LogP contribution >= 0.6 is 0 Å². The van der Waals surface area contributed by atoms with E-state index in [0.717, 1.165) is 12.8 Å². The van der Waals surface area contributed by atoms with Crippen LogP contribution < -0.4 is 10.6 Å². The fourth-order valence-corrected chi connectivity index (χ4v) is 1.89. The number of nitrogens with one attached hydrogen (secondary N) is 2. The Morgan fingerprint density at radius 3 is 2.71 bits per heavy atom. The normalized spacial score (nSPS) is 13.5. The predicted molar refractivity (Wildman–Crippen MR) is 77.0 cm³/mol. The molecule has 0 fully saturated rings. The van der Waals surface area contributed by atoms with E-state index in [9.17, 15) is 9.59 Å². The summed E-state index contributed by atoms with van der Waals surface area (Å²) in [6.45, 7) is 6.97. The van der Waals surface area contributed by atoms with Crippen LogP contribution in [-0.2, 0) is 6.54 Å². The molecule has 3 N–H and O–H groups in total. The van der Waals surface area contributed by atoms with Crippen molar-refractivity contribution in [3.05, 3.63) is 11.9 Å². The highest BCUT2D eigenvalue weighted by Crippen LogP contribution is 2.08. The number of carbonyl (C=O) groups is 2. The number of carboxylic acids is 1. The summed E-state index contributed by atoms with van der Waals surface area (Å²) in [7, 11) is 0. The third-order valence-corrected chi connectivity index (χ3v) is 3.21. The first-order valence-electron chi connectivity index (χ1n) is 7.10. The van der Waals surface area contributed by atoms with Crippen molar-refractivity contribution >= 4 is 12.0 Å². The van der Waals surface area contributed by atoms with Crippen molar-refractivity contribution in [2.45, 2.75) is 46.2 Å². The second-order valence-electron chi connectivity index (χ2n) is 5.22. The molecule has 0 aliphatic rings. The van der Waals surface area contributed by atoms with Gasteiger partial charge in [0, 0.05) is 12.6 Å². The zero-order chi connectivity index (χ0) is 15.8. The first kappa shape index (κ1) is 16.9. The monoisotopic (exact) mass is 297 g/mol. The van der Waals surface area contributed by atoms with Gasteiger partial charge in [0.25, 0.3) is 0 Å². The minimum absolute atomic E-state index is 0.110. The minimum atomic E-state index is -1.12. The largest absolute Gasteiger partial charge is 0.476 e. The van der Waals surface area contributed by atoms with Crippen molar-refractivity contribution in [3.8, 4) is 0 Å². The first-order valence-corrected chi connectivity index (χ1v) is 7.10. The molecule has 0 aliphatic carbocycles. The molecule has 1 heterocycles. The number of aromatic carboxylic acids is 1. The van der Waals surface area contributed by atoms with Gasteiger partial charge < -0.3 is 15.7 Å². The number of hydrogen-bond donors (Lipinski definition) is 3. The topological polar surface area (TPSA) is 109 Å². The number of carboxylic acid groups (broad SMARTS) is 1. The summed E-state index contributed by atoms with van der Waals surface area (Å²) in [5, 5.41) is 21.4. The number of carbonyl (C=O) groups excluding carboxylic acids is 1. The second kappa shape index (κ2) is 8.23. The quantitative estimate of drug-likeness (QED) is 0.665. The van der Waals surface area contributed by atoms with Crippen LogP contribution in [0.5, 0.6) is 0 Å². The number of rotatable bonds is 8. The average molecular weight is 297 g/mol. The lowest BCUT2D eigenvalue weighted by Gasteiger charge is -2.17. The van der Waals surface area contributed by atoms with Gasteiger partial charge in [0.05, 0.1) is 12.7 Å². The van der Waals surface area contributed by atoms with E-state index in [2.05, 4.69) is 34.8 Å². The van der Waals surface area contributed by atoms with Crippen LogP contribution in [0.1, 0.15) is 44.1 Å². The van der Waals surface area contributed by atoms with Gasteiger partial charge in [-0.25, -0.2) is 14.3 Å². The fraction of sp³-hybridized carbons (Fsp3) is 0.692. The average Bonchev–Trinajstić information content (AvgIpc) is 2.87. The number of amides is 2. The number of hydrogen-bond acceptors (Lipinski definition) is 4. The Morgan fingerprint density at radius 1 is 1.43 bits per heavy atom. The van der Waals surface area contributed by atoms with Gasteiger partial charge in [0.15, 0.2) is 5.69 Å². The van der Waals surface area contributed by atoms with Crippen LogP contribution in [0.4, 0.5) is 4.79 Å². The second-order valence-corrected chi connectivity index (χ2v) is 5.22. The van der Waals surface area contributed by atoms with E-state index in [0.29, 0.717) is 19.0 Å². The molecule has 8 heteroatoms. The molecule has 2 atom stereocenters. The third-order valence-electron chi connectivity index (χ3n) is 3.21. The van der Waals surface area contributed by atoms with Crippen molar-refractivity contribution in [3.63, 3.8) is 0 Å². The van der Waals surface area contributed by atoms with Gasteiger partial charge in [-0.3, -0.25) is 0 Å². The third kappa shape index (κ3) is 6.24. The molecule has 2 amide bonds. The Kier molecular flexibility index (Phi) is 6.64. The van der Waals surface area contributed by atoms with E-state index in [-0.39, 0.29) is 17.8 Å². The van der Waals surface area contributed by atoms with Crippen LogP contribution in [-0.4, -0.2) is 44.7 Å². The van der Waals surface area contributed by atoms with E-state index in [1.807, 2.05) is 6.92 Å². The summed E-state index contributed by atoms with van der Waals surface area (Å²) in [4.78, 5) is 22.3. The van der Waals surface area contributed by atoms with Crippen molar-refractivity contribution in [2.75, 3.05) is 6.54 Å². The summed E-state index contributed by atoms with van der Waals surface area (Å²) in [5.74, 6) is -0.546. The molecule has 8 nitrogen and oxygen atoms in total. The van der Waals surface area contributed by atoms with Crippen LogP contribution in [0, 0.1) is 5.92 Å².